The molecule has 0 bridgehead atoms. The van der Waals surface area contributed by atoms with Gasteiger partial charge in [0.25, 0.3) is 0 Å². The highest BCUT2D eigenvalue weighted by Gasteiger charge is 2.15. The number of ether oxygens (including phenoxy) is 1. The fraction of sp³-hybridized carbons (Fsp3) is 0.800. The third-order valence-corrected chi connectivity index (χ3v) is 2.63. The van der Waals surface area contributed by atoms with Crippen molar-refractivity contribution in [2.75, 3.05) is 33.4 Å². The van der Waals surface area contributed by atoms with Crippen LogP contribution < -0.4 is 5.73 Å². The van der Waals surface area contributed by atoms with Gasteiger partial charge < -0.3 is 10.5 Å². The van der Waals surface area contributed by atoms with Gasteiger partial charge in [-0.3, -0.25) is 4.90 Å². The van der Waals surface area contributed by atoms with Crippen molar-refractivity contribution in [3.8, 4) is 0 Å². The van der Waals surface area contributed by atoms with Crippen LogP contribution in [0.2, 0.25) is 0 Å². The van der Waals surface area contributed by atoms with Crippen molar-refractivity contribution in [3.63, 3.8) is 0 Å². The van der Waals surface area contributed by atoms with Crippen LogP contribution in [0.15, 0.2) is 11.6 Å². The van der Waals surface area contributed by atoms with Crippen LogP contribution in [0, 0.1) is 0 Å². The first kappa shape index (κ1) is 10.7. The second-order valence-corrected chi connectivity index (χ2v) is 3.63. The molecule has 0 spiro atoms. The SMILES string of the molecule is COCC1=CCN(C(C)CN)CC1. The smallest absolute Gasteiger partial charge is 0.0673 e. The molecule has 0 aromatic rings. The first-order valence-corrected chi connectivity index (χ1v) is 4.89. The lowest BCUT2D eigenvalue weighted by molar-refractivity contribution is 0.197. The van der Waals surface area contributed by atoms with Crippen molar-refractivity contribution in [1.29, 1.82) is 0 Å². The highest BCUT2D eigenvalue weighted by atomic mass is 16.5. The highest BCUT2D eigenvalue weighted by molar-refractivity contribution is 5.08. The molecule has 0 amide bonds. The Hall–Kier alpha value is -0.380. The van der Waals surface area contributed by atoms with Crippen LogP contribution in [-0.4, -0.2) is 44.3 Å². The number of nitrogens with zero attached hydrogens (tertiary/aromatic N) is 1. The van der Waals surface area contributed by atoms with Gasteiger partial charge in [0.2, 0.25) is 0 Å². The van der Waals surface area contributed by atoms with Gasteiger partial charge in [0, 0.05) is 32.8 Å². The van der Waals surface area contributed by atoms with E-state index in [4.69, 9.17) is 10.5 Å². The molecule has 0 saturated carbocycles. The predicted octanol–water partition coefficient (Wildman–Crippen LogP) is 0.612. The molecular weight excluding hydrogens is 164 g/mol. The summed E-state index contributed by atoms with van der Waals surface area (Å²) in [5.41, 5.74) is 7.03. The number of hydrogen-bond donors (Lipinski definition) is 1. The van der Waals surface area contributed by atoms with E-state index in [0.717, 1.165) is 32.7 Å². The Morgan fingerprint density at radius 2 is 2.46 bits per heavy atom. The van der Waals surface area contributed by atoms with Crippen LogP contribution in [0.3, 0.4) is 0 Å². The van der Waals surface area contributed by atoms with E-state index < -0.39 is 0 Å². The molecule has 13 heavy (non-hydrogen) atoms. The molecule has 0 radical (unpaired) electrons. The molecule has 0 aliphatic carbocycles. The van der Waals surface area contributed by atoms with Crippen molar-refractivity contribution in [1.82, 2.24) is 4.90 Å². The lowest BCUT2D eigenvalue weighted by atomic mass is 10.1. The zero-order valence-corrected chi connectivity index (χ0v) is 8.62. The Kier molecular flexibility index (Phi) is 4.42. The second kappa shape index (κ2) is 5.37. The summed E-state index contributed by atoms with van der Waals surface area (Å²) >= 11 is 0. The van der Waals surface area contributed by atoms with Gasteiger partial charge >= 0.3 is 0 Å². The van der Waals surface area contributed by atoms with Crippen LogP contribution in [0.4, 0.5) is 0 Å². The standard InChI is InChI=1S/C10H20N2O/c1-9(7-11)12-5-3-10(4-6-12)8-13-2/h3,9H,4-8,11H2,1-2H3. The first-order chi connectivity index (χ1) is 6.27. The monoisotopic (exact) mass is 184 g/mol. The Balaban J connectivity index is 2.36. The maximum absolute atomic E-state index is 5.61. The van der Waals surface area contributed by atoms with Gasteiger partial charge in [-0.25, -0.2) is 0 Å². The summed E-state index contributed by atoms with van der Waals surface area (Å²) in [7, 11) is 1.75. The molecule has 1 atom stereocenters. The Morgan fingerprint density at radius 3 is 2.92 bits per heavy atom. The van der Waals surface area contributed by atoms with Crippen LogP contribution in [0.25, 0.3) is 0 Å². The number of hydrogen-bond acceptors (Lipinski definition) is 3. The molecule has 76 valence electrons. The molecule has 0 aromatic carbocycles. The Labute approximate surface area is 80.5 Å². The van der Waals surface area contributed by atoms with E-state index in [1.165, 1.54) is 5.57 Å². The van der Waals surface area contributed by atoms with Crippen molar-refractivity contribution >= 4 is 0 Å². The van der Waals surface area contributed by atoms with Crippen molar-refractivity contribution in [2.24, 2.45) is 5.73 Å². The lowest BCUT2D eigenvalue weighted by Gasteiger charge is -2.30. The maximum atomic E-state index is 5.61. The normalized spacial score (nSPS) is 21.3. The lowest BCUT2D eigenvalue weighted by Crippen LogP contribution is -2.41. The average Bonchev–Trinajstić information content (AvgIpc) is 2.18. The van der Waals surface area contributed by atoms with Crippen LogP contribution in [0.1, 0.15) is 13.3 Å². The van der Waals surface area contributed by atoms with Gasteiger partial charge in [-0.2, -0.15) is 0 Å². The molecular formula is C10H20N2O. The summed E-state index contributed by atoms with van der Waals surface area (Å²) in [6.45, 7) is 5.85. The number of rotatable bonds is 4. The molecule has 1 rings (SSSR count). The maximum Gasteiger partial charge on any atom is 0.0673 e. The molecule has 2 N–H and O–H groups in total. The first-order valence-electron chi connectivity index (χ1n) is 4.89. The van der Waals surface area contributed by atoms with E-state index in [1.54, 1.807) is 7.11 Å². The van der Waals surface area contributed by atoms with Crippen LogP contribution >= 0.6 is 0 Å². The van der Waals surface area contributed by atoms with Gasteiger partial charge in [-0.05, 0) is 18.9 Å². The summed E-state index contributed by atoms with van der Waals surface area (Å²) < 4.78 is 5.09. The fourth-order valence-electron chi connectivity index (χ4n) is 1.59. The minimum Gasteiger partial charge on any atom is -0.380 e. The van der Waals surface area contributed by atoms with Crippen molar-refractivity contribution < 1.29 is 4.74 Å². The third-order valence-electron chi connectivity index (χ3n) is 2.63. The van der Waals surface area contributed by atoms with Crippen LogP contribution in [0.5, 0.6) is 0 Å². The number of nitrogens with two attached hydrogens (primary N) is 1. The molecule has 0 aromatic heterocycles. The minimum atomic E-state index is 0.500. The third kappa shape index (κ3) is 3.10. The topological polar surface area (TPSA) is 38.5 Å². The van der Waals surface area contributed by atoms with E-state index in [2.05, 4.69) is 17.9 Å². The largest absolute Gasteiger partial charge is 0.380 e. The van der Waals surface area contributed by atoms with Gasteiger partial charge in [-0.15, -0.1) is 0 Å². The average molecular weight is 184 g/mol. The Bertz CT molecular complexity index is 180. The van der Waals surface area contributed by atoms with E-state index >= 15 is 0 Å². The van der Waals surface area contributed by atoms with E-state index in [9.17, 15) is 0 Å². The fourth-order valence-corrected chi connectivity index (χ4v) is 1.59. The molecule has 1 heterocycles. The molecule has 0 fully saturated rings. The molecule has 1 aliphatic rings. The van der Waals surface area contributed by atoms with Crippen LogP contribution in [-0.2, 0) is 4.74 Å². The molecule has 3 nitrogen and oxygen atoms in total. The summed E-state index contributed by atoms with van der Waals surface area (Å²) in [4.78, 5) is 2.40. The van der Waals surface area contributed by atoms with Gasteiger partial charge in [0.1, 0.15) is 0 Å². The van der Waals surface area contributed by atoms with E-state index in [0.29, 0.717) is 6.04 Å². The second-order valence-electron chi connectivity index (χ2n) is 3.63. The summed E-state index contributed by atoms with van der Waals surface area (Å²) in [6.07, 6.45) is 3.39. The molecule has 3 heteroatoms. The van der Waals surface area contributed by atoms with E-state index in [1.807, 2.05) is 0 Å². The molecule has 0 saturated heterocycles. The van der Waals surface area contributed by atoms with Crippen molar-refractivity contribution in [3.05, 3.63) is 11.6 Å². The number of methoxy groups -OCH3 is 1. The summed E-state index contributed by atoms with van der Waals surface area (Å²) in [5.74, 6) is 0. The Morgan fingerprint density at radius 1 is 1.69 bits per heavy atom. The van der Waals surface area contributed by atoms with Gasteiger partial charge in [0.05, 0.1) is 6.61 Å². The quantitative estimate of drug-likeness (QED) is 0.651. The van der Waals surface area contributed by atoms with Gasteiger partial charge in [-0.1, -0.05) is 6.08 Å². The minimum absolute atomic E-state index is 0.500. The predicted molar refractivity (Wildman–Crippen MR) is 54.7 cm³/mol. The zero-order chi connectivity index (χ0) is 9.68. The van der Waals surface area contributed by atoms with Crippen molar-refractivity contribution in [2.45, 2.75) is 19.4 Å². The zero-order valence-electron chi connectivity index (χ0n) is 8.62. The molecule has 1 unspecified atom stereocenters. The summed E-state index contributed by atoms with van der Waals surface area (Å²) in [6, 6.07) is 0.500. The highest BCUT2D eigenvalue weighted by Crippen LogP contribution is 2.12. The molecule has 1 aliphatic heterocycles. The summed E-state index contributed by atoms with van der Waals surface area (Å²) in [5, 5.41) is 0. The van der Waals surface area contributed by atoms with E-state index in [-0.39, 0.29) is 0 Å². The van der Waals surface area contributed by atoms with Gasteiger partial charge in [0.15, 0.2) is 0 Å².